The maximum Gasteiger partial charge on any atom is 0.492 e. The summed E-state index contributed by atoms with van der Waals surface area (Å²) in [6, 6.07) is 8.86. The molecule has 202 valence electrons. The van der Waals surface area contributed by atoms with Crippen molar-refractivity contribution in [1.29, 1.82) is 0 Å². The predicted octanol–water partition coefficient (Wildman–Crippen LogP) is 4.02. The normalized spacial score (nSPS) is 18.8. The third-order valence-corrected chi connectivity index (χ3v) is 7.45. The highest BCUT2D eigenvalue weighted by atomic mass is 35.5. The number of rotatable bonds is 8. The van der Waals surface area contributed by atoms with Gasteiger partial charge < -0.3 is 15.5 Å². The molecule has 13 heteroatoms. The number of aromatic nitrogens is 1. The Bertz CT molecular complexity index is 1320. The number of thiophene rings is 1. The molecular formula is C25H24ClF3N4O4S. The summed E-state index contributed by atoms with van der Waals surface area (Å²) in [6.07, 6.45) is -2.98. The van der Waals surface area contributed by atoms with Crippen molar-refractivity contribution in [3.05, 3.63) is 64.1 Å². The SMILES string of the molecule is C[C@H](NC(=O)[C@H]1C[C@H](Cc2ccccc2)CN1OC(=O)C(F)(F)F)C(=O)NCc1cnc2scc(Cl)c2c1. The molecule has 0 bridgehead atoms. The lowest BCUT2D eigenvalue weighted by Gasteiger charge is -2.24. The first-order valence-corrected chi connectivity index (χ1v) is 13.0. The zero-order valence-electron chi connectivity index (χ0n) is 20.1. The lowest BCUT2D eigenvalue weighted by Crippen LogP contribution is -2.51. The highest BCUT2D eigenvalue weighted by molar-refractivity contribution is 7.17. The summed E-state index contributed by atoms with van der Waals surface area (Å²) in [6.45, 7) is 1.52. The minimum atomic E-state index is -5.21. The molecule has 3 atom stereocenters. The standard InChI is InChI=1S/C25H24ClF3N4O4S/c1-14(21(34)30-10-17-8-18-19(26)13-38-23(18)31-11-17)32-22(35)20-9-16(7-15-5-3-2-4-6-15)12-33(20)37-24(36)25(27,28)29/h2-6,8,11,13-14,16,20H,7,9-10,12H2,1H3,(H,30,34)(H,32,35)/t14-,16-,20+/m0/s1. The van der Waals surface area contributed by atoms with Crippen LogP contribution in [0.4, 0.5) is 13.2 Å². The Morgan fingerprint density at radius 1 is 1.24 bits per heavy atom. The topological polar surface area (TPSA) is 101 Å². The Morgan fingerprint density at radius 3 is 2.68 bits per heavy atom. The van der Waals surface area contributed by atoms with E-state index in [1.165, 1.54) is 18.3 Å². The number of carbonyl (C=O) groups excluding carboxylic acids is 3. The van der Waals surface area contributed by atoms with Crippen LogP contribution in [0.1, 0.15) is 24.5 Å². The van der Waals surface area contributed by atoms with E-state index in [-0.39, 0.29) is 25.4 Å². The molecule has 1 aliphatic heterocycles. The summed E-state index contributed by atoms with van der Waals surface area (Å²) in [5.41, 5.74) is 1.64. The monoisotopic (exact) mass is 568 g/mol. The molecular weight excluding hydrogens is 545 g/mol. The van der Waals surface area contributed by atoms with Crippen LogP contribution < -0.4 is 10.6 Å². The Labute approximate surface area is 225 Å². The number of amides is 2. The molecule has 38 heavy (non-hydrogen) atoms. The van der Waals surface area contributed by atoms with Gasteiger partial charge in [0.2, 0.25) is 11.8 Å². The molecule has 1 saturated heterocycles. The number of fused-ring (bicyclic) bond motifs is 1. The lowest BCUT2D eigenvalue weighted by molar-refractivity contribution is -0.240. The number of hydroxylamine groups is 2. The molecule has 3 aromatic rings. The molecule has 0 aliphatic carbocycles. The number of pyridine rings is 1. The maximum absolute atomic E-state index is 13.0. The van der Waals surface area contributed by atoms with Gasteiger partial charge >= 0.3 is 12.1 Å². The van der Waals surface area contributed by atoms with Gasteiger partial charge in [0.25, 0.3) is 0 Å². The quantitative estimate of drug-likeness (QED) is 0.426. The van der Waals surface area contributed by atoms with Crippen LogP contribution in [-0.2, 0) is 32.2 Å². The van der Waals surface area contributed by atoms with E-state index in [0.29, 0.717) is 17.0 Å². The zero-order valence-corrected chi connectivity index (χ0v) is 21.7. The van der Waals surface area contributed by atoms with Gasteiger partial charge in [-0.25, -0.2) is 9.78 Å². The molecule has 2 aromatic heterocycles. The van der Waals surface area contributed by atoms with Crippen molar-refractivity contribution >= 4 is 50.9 Å². The Kier molecular flexibility index (Phi) is 8.54. The van der Waals surface area contributed by atoms with Gasteiger partial charge in [-0.15, -0.1) is 16.4 Å². The van der Waals surface area contributed by atoms with Gasteiger partial charge in [0, 0.05) is 30.1 Å². The number of hydrogen-bond acceptors (Lipinski definition) is 7. The number of nitrogens with zero attached hydrogens (tertiary/aromatic N) is 2. The number of halogens is 4. The fourth-order valence-electron chi connectivity index (χ4n) is 4.23. The first kappa shape index (κ1) is 27.8. The molecule has 2 N–H and O–H groups in total. The Morgan fingerprint density at radius 2 is 1.97 bits per heavy atom. The first-order chi connectivity index (χ1) is 18.0. The second-order valence-electron chi connectivity index (χ2n) is 9.01. The van der Waals surface area contributed by atoms with Crippen molar-refractivity contribution in [3.8, 4) is 0 Å². The summed E-state index contributed by atoms with van der Waals surface area (Å²) in [5, 5.41) is 9.07. The van der Waals surface area contributed by atoms with Crippen LogP contribution in [0.25, 0.3) is 10.2 Å². The molecule has 0 radical (unpaired) electrons. The average molecular weight is 569 g/mol. The molecule has 1 aliphatic rings. The molecule has 0 saturated carbocycles. The van der Waals surface area contributed by atoms with E-state index in [0.717, 1.165) is 20.8 Å². The minimum Gasteiger partial charge on any atom is -0.360 e. The van der Waals surface area contributed by atoms with E-state index in [1.807, 2.05) is 36.4 Å². The van der Waals surface area contributed by atoms with Gasteiger partial charge in [0.15, 0.2) is 0 Å². The van der Waals surface area contributed by atoms with Crippen LogP contribution in [0.15, 0.2) is 48.0 Å². The predicted molar refractivity (Wildman–Crippen MR) is 135 cm³/mol. The summed E-state index contributed by atoms with van der Waals surface area (Å²) in [7, 11) is 0. The van der Waals surface area contributed by atoms with Gasteiger partial charge in [0.1, 0.15) is 16.9 Å². The van der Waals surface area contributed by atoms with Gasteiger partial charge in [-0.2, -0.15) is 13.2 Å². The number of carbonyl (C=O) groups is 3. The number of nitrogens with one attached hydrogen (secondary N) is 2. The molecule has 8 nitrogen and oxygen atoms in total. The number of benzene rings is 1. The largest absolute Gasteiger partial charge is 0.492 e. The van der Waals surface area contributed by atoms with Crippen molar-refractivity contribution in [3.63, 3.8) is 0 Å². The first-order valence-electron chi connectivity index (χ1n) is 11.7. The smallest absolute Gasteiger partial charge is 0.360 e. The summed E-state index contributed by atoms with van der Waals surface area (Å²) < 4.78 is 38.5. The van der Waals surface area contributed by atoms with Gasteiger partial charge in [0.05, 0.1) is 5.02 Å². The Balaban J connectivity index is 1.37. The fourth-order valence-corrected chi connectivity index (χ4v) is 5.31. The average Bonchev–Trinajstić information content (AvgIpc) is 3.45. The summed E-state index contributed by atoms with van der Waals surface area (Å²) >= 11 is 7.54. The molecule has 2 amide bonds. The molecule has 3 heterocycles. The molecule has 1 fully saturated rings. The summed E-state index contributed by atoms with van der Waals surface area (Å²) in [4.78, 5) is 46.7. The van der Waals surface area contributed by atoms with E-state index in [1.54, 1.807) is 11.6 Å². The molecule has 0 spiro atoms. The maximum atomic E-state index is 13.0. The van der Waals surface area contributed by atoms with E-state index in [4.69, 9.17) is 11.6 Å². The van der Waals surface area contributed by atoms with Crippen LogP contribution in [-0.4, -0.2) is 52.6 Å². The zero-order chi connectivity index (χ0) is 27.4. The van der Waals surface area contributed by atoms with Crippen LogP contribution >= 0.6 is 22.9 Å². The van der Waals surface area contributed by atoms with Crippen LogP contribution in [0.2, 0.25) is 5.02 Å². The van der Waals surface area contributed by atoms with Crippen LogP contribution in [0.5, 0.6) is 0 Å². The van der Waals surface area contributed by atoms with Crippen molar-refractivity contribution in [2.24, 2.45) is 5.92 Å². The lowest BCUT2D eigenvalue weighted by atomic mass is 9.96. The minimum absolute atomic E-state index is 0.0595. The third-order valence-electron chi connectivity index (χ3n) is 6.10. The van der Waals surface area contributed by atoms with Crippen molar-refractivity contribution < 1.29 is 32.4 Å². The van der Waals surface area contributed by atoms with E-state index in [9.17, 15) is 27.6 Å². The van der Waals surface area contributed by atoms with E-state index in [2.05, 4.69) is 20.5 Å². The van der Waals surface area contributed by atoms with Crippen molar-refractivity contribution in [2.75, 3.05) is 6.54 Å². The van der Waals surface area contributed by atoms with Gasteiger partial charge in [-0.1, -0.05) is 41.9 Å². The molecule has 1 aromatic carbocycles. The van der Waals surface area contributed by atoms with Gasteiger partial charge in [-0.3, -0.25) is 9.59 Å². The summed E-state index contributed by atoms with van der Waals surface area (Å²) in [5.74, 6) is -3.87. The number of hydrogen-bond donors (Lipinski definition) is 2. The van der Waals surface area contributed by atoms with E-state index >= 15 is 0 Å². The fraction of sp³-hybridized carbons (Fsp3) is 0.360. The molecule has 4 rings (SSSR count). The van der Waals surface area contributed by atoms with Crippen molar-refractivity contribution in [1.82, 2.24) is 20.7 Å². The van der Waals surface area contributed by atoms with E-state index < -0.39 is 36.0 Å². The highest BCUT2D eigenvalue weighted by Gasteiger charge is 2.47. The third kappa shape index (κ3) is 6.80. The van der Waals surface area contributed by atoms with Crippen molar-refractivity contribution in [2.45, 2.75) is 44.6 Å². The van der Waals surface area contributed by atoms with Crippen LogP contribution in [0.3, 0.4) is 0 Å². The highest BCUT2D eigenvalue weighted by Crippen LogP contribution is 2.30. The van der Waals surface area contributed by atoms with Crippen LogP contribution in [0, 0.1) is 5.92 Å². The van der Waals surface area contributed by atoms with Gasteiger partial charge in [-0.05, 0) is 42.9 Å². The molecule has 0 unspecified atom stereocenters. The second-order valence-corrected chi connectivity index (χ2v) is 10.3. The Hall–Kier alpha value is -3.22. The second kappa shape index (κ2) is 11.7. The number of alkyl halides is 3.